The zero-order valence-corrected chi connectivity index (χ0v) is 17.8. The van der Waals surface area contributed by atoms with Gasteiger partial charge in [-0.15, -0.1) is 0 Å². The molecule has 3 amide bonds. The predicted molar refractivity (Wildman–Crippen MR) is 118 cm³/mol. The van der Waals surface area contributed by atoms with Gasteiger partial charge in [0, 0.05) is 42.9 Å². The zero-order valence-electron chi connectivity index (χ0n) is 17.8. The number of nitrogens with one attached hydrogen (secondary N) is 2. The van der Waals surface area contributed by atoms with Gasteiger partial charge in [0.15, 0.2) is 0 Å². The van der Waals surface area contributed by atoms with Gasteiger partial charge in [0.1, 0.15) is 0 Å². The number of anilines is 1. The van der Waals surface area contributed by atoms with Crippen molar-refractivity contribution in [1.82, 2.24) is 10.2 Å². The lowest BCUT2D eigenvalue weighted by Crippen LogP contribution is -2.46. The van der Waals surface area contributed by atoms with Gasteiger partial charge in [0.05, 0.1) is 0 Å². The van der Waals surface area contributed by atoms with Crippen molar-refractivity contribution >= 4 is 23.4 Å². The van der Waals surface area contributed by atoms with E-state index in [0.717, 1.165) is 0 Å². The first-order valence-corrected chi connectivity index (χ1v) is 10.4. The number of carbonyl (C=O) groups excluding carboxylic acids is 3. The van der Waals surface area contributed by atoms with Crippen LogP contribution in [0, 0.1) is 0 Å². The Hall–Kier alpha value is -3.15. The Morgan fingerprint density at radius 2 is 1.63 bits per heavy atom. The standard InChI is InChI=1S/C24H29N3O3/c1-16(2)18-7-9-19(10-8-18)24(30)27-13-11-21(12-14-27)26-23(29)20-5-4-6-22(15-20)25-17(3)28/h4-10,15-16,21H,11-14H2,1-3H3,(H,25,28)(H,26,29). The number of likely N-dealkylation sites (tertiary alicyclic amines) is 1. The van der Waals surface area contributed by atoms with Crippen molar-refractivity contribution in [3.8, 4) is 0 Å². The van der Waals surface area contributed by atoms with E-state index in [1.54, 1.807) is 24.3 Å². The smallest absolute Gasteiger partial charge is 0.253 e. The molecule has 0 unspecified atom stereocenters. The summed E-state index contributed by atoms with van der Waals surface area (Å²) in [6, 6.07) is 14.7. The van der Waals surface area contributed by atoms with Crippen LogP contribution in [-0.4, -0.2) is 41.8 Å². The van der Waals surface area contributed by atoms with Crippen LogP contribution in [0.5, 0.6) is 0 Å². The van der Waals surface area contributed by atoms with Crippen LogP contribution >= 0.6 is 0 Å². The molecule has 1 aliphatic heterocycles. The third kappa shape index (κ3) is 5.47. The molecule has 30 heavy (non-hydrogen) atoms. The van der Waals surface area contributed by atoms with Crippen molar-refractivity contribution in [3.05, 3.63) is 65.2 Å². The van der Waals surface area contributed by atoms with E-state index >= 15 is 0 Å². The van der Waals surface area contributed by atoms with Gasteiger partial charge >= 0.3 is 0 Å². The summed E-state index contributed by atoms with van der Waals surface area (Å²) in [7, 11) is 0. The molecule has 2 aromatic rings. The van der Waals surface area contributed by atoms with Crippen LogP contribution in [-0.2, 0) is 4.79 Å². The molecule has 1 aliphatic rings. The molecule has 1 heterocycles. The van der Waals surface area contributed by atoms with Gasteiger partial charge in [-0.3, -0.25) is 14.4 Å². The second-order valence-electron chi connectivity index (χ2n) is 8.08. The van der Waals surface area contributed by atoms with Crippen LogP contribution in [0.1, 0.15) is 65.8 Å². The number of benzene rings is 2. The Balaban J connectivity index is 1.53. The average Bonchev–Trinajstić information content (AvgIpc) is 2.73. The molecule has 2 aromatic carbocycles. The Bertz CT molecular complexity index is 914. The molecule has 0 aromatic heterocycles. The lowest BCUT2D eigenvalue weighted by Gasteiger charge is -2.32. The van der Waals surface area contributed by atoms with E-state index in [4.69, 9.17) is 0 Å². The molecule has 3 rings (SSSR count). The molecule has 1 saturated heterocycles. The van der Waals surface area contributed by atoms with Crippen LogP contribution in [0.4, 0.5) is 5.69 Å². The highest BCUT2D eigenvalue weighted by molar-refractivity contribution is 5.97. The lowest BCUT2D eigenvalue weighted by atomic mass is 10.00. The number of piperidine rings is 1. The van der Waals surface area contributed by atoms with E-state index in [1.807, 2.05) is 29.2 Å². The number of rotatable bonds is 5. The van der Waals surface area contributed by atoms with Crippen LogP contribution < -0.4 is 10.6 Å². The quantitative estimate of drug-likeness (QED) is 0.791. The monoisotopic (exact) mass is 407 g/mol. The summed E-state index contributed by atoms with van der Waals surface area (Å²) < 4.78 is 0. The van der Waals surface area contributed by atoms with E-state index in [1.165, 1.54) is 12.5 Å². The van der Waals surface area contributed by atoms with Crippen molar-refractivity contribution in [2.75, 3.05) is 18.4 Å². The maximum absolute atomic E-state index is 12.8. The van der Waals surface area contributed by atoms with Crippen molar-refractivity contribution < 1.29 is 14.4 Å². The van der Waals surface area contributed by atoms with Gasteiger partial charge in [-0.2, -0.15) is 0 Å². The largest absolute Gasteiger partial charge is 0.349 e. The van der Waals surface area contributed by atoms with Crippen LogP contribution in [0.3, 0.4) is 0 Å². The molecule has 0 bridgehead atoms. The van der Waals surface area contributed by atoms with E-state index in [2.05, 4.69) is 24.5 Å². The van der Waals surface area contributed by atoms with Crippen molar-refractivity contribution in [2.45, 2.75) is 45.6 Å². The first kappa shape index (κ1) is 21.6. The fourth-order valence-electron chi connectivity index (χ4n) is 3.63. The minimum Gasteiger partial charge on any atom is -0.349 e. The maximum Gasteiger partial charge on any atom is 0.253 e. The van der Waals surface area contributed by atoms with Gasteiger partial charge in [0.25, 0.3) is 11.8 Å². The molecule has 158 valence electrons. The molecule has 6 heteroatoms. The van der Waals surface area contributed by atoms with Gasteiger partial charge in [-0.25, -0.2) is 0 Å². The Morgan fingerprint density at radius 3 is 2.23 bits per heavy atom. The molecule has 0 radical (unpaired) electrons. The first-order valence-electron chi connectivity index (χ1n) is 10.4. The van der Waals surface area contributed by atoms with Crippen molar-refractivity contribution in [3.63, 3.8) is 0 Å². The van der Waals surface area contributed by atoms with Crippen LogP contribution in [0.2, 0.25) is 0 Å². The van der Waals surface area contributed by atoms with E-state index < -0.39 is 0 Å². The summed E-state index contributed by atoms with van der Waals surface area (Å²) in [5.41, 5.74) is 3.02. The summed E-state index contributed by atoms with van der Waals surface area (Å²) in [4.78, 5) is 38.4. The first-order chi connectivity index (χ1) is 14.3. The second-order valence-corrected chi connectivity index (χ2v) is 8.08. The van der Waals surface area contributed by atoms with Crippen molar-refractivity contribution in [2.24, 2.45) is 0 Å². The molecule has 0 aliphatic carbocycles. The molecular formula is C24H29N3O3. The normalized spacial score (nSPS) is 14.5. The molecule has 0 atom stereocenters. The maximum atomic E-state index is 12.8. The van der Waals surface area contributed by atoms with E-state index in [0.29, 0.717) is 48.7 Å². The molecule has 0 spiro atoms. The highest BCUT2D eigenvalue weighted by Gasteiger charge is 2.25. The average molecular weight is 408 g/mol. The summed E-state index contributed by atoms with van der Waals surface area (Å²) >= 11 is 0. The summed E-state index contributed by atoms with van der Waals surface area (Å²) in [5, 5.41) is 5.73. The topological polar surface area (TPSA) is 78.5 Å². The highest BCUT2D eigenvalue weighted by Crippen LogP contribution is 2.18. The summed E-state index contributed by atoms with van der Waals surface area (Å²) in [6.07, 6.45) is 1.43. The number of amides is 3. The number of hydrogen-bond donors (Lipinski definition) is 2. The van der Waals surface area contributed by atoms with Crippen LogP contribution in [0.15, 0.2) is 48.5 Å². The fraction of sp³-hybridized carbons (Fsp3) is 0.375. The molecule has 0 saturated carbocycles. The third-order valence-corrected chi connectivity index (χ3v) is 5.39. The molecule has 2 N–H and O–H groups in total. The highest BCUT2D eigenvalue weighted by atomic mass is 16.2. The molecule has 6 nitrogen and oxygen atoms in total. The lowest BCUT2D eigenvalue weighted by molar-refractivity contribution is -0.114. The third-order valence-electron chi connectivity index (χ3n) is 5.39. The van der Waals surface area contributed by atoms with Crippen LogP contribution in [0.25, 0.3) is 0 Å². The SMILES string of the molecule is CC(=O)Nc1cccc(C(=O)NC2CCN(C(=O)c3ccc(C(C)C)cc3)CC2)c1. The Labute approximate surface area is 177 Å². The van der Waals surface area contributed by atoms with Crippen molar-refractivity contribution in [1.29, 1.82) is 0 Å². The molecule has 1 fully saturated rings. The second kappa shape index (κ2) is 9.57. The fourth-order valence-corrected chi connectivity index (χ4v) is 3.63. The molecular weight excluding hydrogens is 378 g/mol. The minimum absolute atomic E-state index is 0.0225. The Kier molecular flexibility index (Phi) is 6.87. The summed E-state index contributed by atoms with van der Waals surface area (Å²) in [5.74, 6) is 0.130. The van der Waals surface area contributed by atoms with E-state index in [9.17, 15) is 14.4 Å². The number of carbonyl (C=O) groups is 3. The Morgan fingerprint density at radius 1 is 0.967 bits per heavy atom. The van der Waals surface area contributed by atoms with Gasteiger partial charge < -0.3 is 15.5 Å². The number of nitrogens with zero attached hydrogens (tertiary/aromatic N) is 1. The number of hydrogen-bond acceptors (Lipinski definition) is 3. The predicted octanol–water partition coefficient (Wildman–Crippen LogP) is 3.80. The van der Waals surface area contributed by atoms with Gasteiger partial charge in [0.2, 0.25) is 5.91 Å². The van der Waals surface area contributed by atoms with Gasteiger partial charge in [-0.05, 0) is 54.7 Å². The minimum atomic E-state index is -0.177. The zero-order chi connectivity index (χ0) is 21.7. The van der Waals surface area contributed by atoms with Gasteiger partial charge in [-0.1, -0.05) is 32.0 Å². The van der Waals surface area contributed by atoms with E-state index in [-0.39, 0.29) is 23.8 Å². The summed E-state index contributed by atoms with van der Waals surface area (Å²) in [6.45, 7) is 6.92.